The van der Waals surface area contributed by atoms with E-state index in [0.29, 0.717) is 16.1 Å². The molecule has 0 aliphatic heterocycles. The highest BCUT2D eigenvalue weighted by molar-refractivity contribution is 6.30. The van der Waals surface area contributed by atoms with Crippen LogP contribution in [0.4, 0.5) is 4.79 Å². The summed E-state index contributed by atoms with van der Waals surface area (Å²) in [4.78, 5) is 36.5. The number of nitrogens with two attached hydrogens (primary N) is 1. The first-order valence-corrected chi connectivity index (χ1v) is 10.4. The summed E-state index contributed by atoms with van der Waals surface area (Å²) in [7, 11) is 0. The molecule has 0 saturated heterocycles. The number of hydrogen-bond acceptors (Lipinski definition) is 4. The van der Waals surface area contributed by atoms with Crippen molar-refractivity contribution in [3.8, 4) is 5.69 Å². The molecule has 1 atom stereocenters. The number of nitrogens with one attached hydrogen (secondary N) is 1. The molecule has 7 nitrogen and oxygen atoms in total. The highest BCUT2D eigenvalue weighted by Crippen LogP contribution is 2.22. The maximum Gasteiger partial charge on any atom is 0.312 e. The zero-order chi connectivity index (χ0) is 23.3. The molecule has 0 saturated carbocycles. The smallest absolute Gasteiger partial charge is 0.312 e. The van der Waals surface area contributed by atoms with E-state index in [0.717, 1.165) is 17.1 Å². The number of halogens is 1. The van der Waals surface area contributed by atoms with E-state index in [1.807, 2.05) is 48.7 Å². The quantitative estimate of drug-likeness (QED) is 0.392. The number of benzene rings is 2. The average Bonchev–Trinajstić information content (AvgIpc) is 3.06. The summed E-state index contributed by atoms with van der Waals surface area (Å²) in [5.41, 5.74) is 8.98. The van der Waals surface area contributed by atoms with Crippen molar-refractivity contribution in [3.63, 3.8) is 0 Å². The third-order valence-electron chi connectivity index (χ3n) is 5.07. The van der Waals surface area contributed by atoms with E-state index in [1.165, 1.54) is 0 Å². The van der Waals surface area contributed by atoms with Crippen LogP contribution in [0, 0.1) is 13.8 Å². The van der Waals surface area contributed by atoms with Crippen molar-refractivity contribution in [1.29, 1.82) is 0 Å². The Hall–Kier alpha value is -3.58. The van der Waals surface area contributed by atoms with Gasteiger partial charge in [-0.05, 0) is 49.7 Å². The van der Waals surface area contributed by atoms with Gasteiger partial charge in [-0.25, -0.2) is 4.79 Å². The summed E-state index contributed by atoms with van der Waals surface area (Å²) in [6.45, 7) is 3.36. The molecule has 3 N–H and O–H groups in total. The van der Waals surface area contributed by atoms with E-state index in [2.05, 4.69) is 5.32 Å². The lowest BCUT2D eigenvalue weighted by atomic mass is 10.0. The molecule has 32 heavy (non-hydrogen) atoms. The monoisotopic (exact) mass is 453 g/mol. The molecule has 0 spiro atoms. The number of carbonyl (C=O) groups is 3. The number of hydrogen-bond donors (Lipinski definition) is 2. The number of Topliss-reactive ketones (excluding diaryl/α,β-unsaturated/α-hetero) is 1. The van der Waals surface area contributed by atoms with E-state index in [9.17, 15) is 14.4 Å². The van der Waals surface area contributed by atoms with Crippen LogP contribution >= 0.6 is 11.6 Å². The summed E-state index contributed by atoms with van der Waals surface area (Å²) in [5.74, 6) is -0.941. The van der Waals surface area contributed by atoms with Crippen LogP contribution in [0.15, 0.2) is 60.7 Å². The first kappa shape index (κ1) is 23.1. The van der Waals surface area contributed by atoms with Crippen LogP contribution in [0.3, 0.4) is 0 Å². The highest BCUT2D eigenvalue weighted by Gasteiger charge is 2.21. The van der Waals surface area contributed by atoms with E-state index in [1.54, 1.807) is 30.3 Å². The molecule has 0 fully saturated rings. The first-order chi connectivity index (χ1) is 15.3. The predicted octanol–water partition coefficient (Wildman–Crippen LogP) is 4.27. The van der Waals surface area contributed by atoms with Crippen molar-refractivity contribution in [2.75, 3.05) is 6.61 Å². The fourth-order valence-corrected chi connectivity index (χ4v) is 3.71. The van der Waals surface area contributed by atoms with Gasteiger partial charge in [0.05, 0.1) is 12.5 Å². The fourth-order valence-electron chi connectivity index (χ4n) is 3.59. The van der Waals surface area contributed by atoms with Gasteiger partial charge in [-0.2, -0.15) is 0 Å². The molecule has 166 valence electrons. The zero-order valence-electron chi connectivity index (χ0n) is 17.8. The molecule has 2 aromatic carbocycles. The summed E-state index contributed by atoms with van der Waals surface area (Å²) >= 11 is 5.89. The fraction of sp³-hybridized carbons (Fsp3) is 0.208. The van der Waals surface area contributed by atoms with Gasteiger partial charge < -0.3 is 20.4 Å². The van der Waals surface area contributed by atoms with E-state index < -0.39 is 24.6 Å². The van der Waals surface area contributed by atoms with Crippen molar-refractivity contribution < 1.29 is 19.1 Å². The second-order valence-corrected chi connectivity index (χ2v) is 7.79. The Kier molecular flexibility index (Phi) is 7.33. The van der Waals surface area contributed by atoms with Gasteiger partial charge in [0.25, 0.3) is 0 Å². The SMILES string of the molecule is Cc1cc(C(=O)COC(=O)C[C@@H](NC(N)=O)c2ccc(Cl)cc2)c(C)n1-c1ccccc1. The van der Waals surface area contributed by atoms with Gasteiger partial charge in [-0.1, -0.05) is 41.9 Å². The number of primary amides is 1. The Labute approximate surface area is 191 Å². The molecule has 1 aromatic heterocycles. The number of esters is 1. The number of nitrogens with zero attached hydrogens (tertiary/aromatic N) is 1. The maximum absolute atomic E-state index is 12.7. The number of ether oxygens (including phenoxy) is 1. The maximum atomic E-state index is 12.7. The number of ketones is 1. The van der Waals surface area contributed by atoms with Gasteiger partial charge in [0.1, 0.15) is 0 Å². The minimum absolute atomic E-state index is 0.180. The van der Waals surface area contributed by atoms with Crippen LogP contribution < -0.4 is 11.1 Å². The summed E-state index contributed by atoms with van der Waals surface area (Å²) in [6, 6.07) is 16.6. The van der Waals surface area contributed by atoms with Gasteiger partial charge in [0.2, 0.25) is 5.78 Å². The lowest BCUT2D eigenvalue weighted by Gasteiger charge is -2.17. The predicted molar refractivity (Wildman–Crippen MR) is 122 cm³/mol. The average molecular weight is 454 g/mol. The van der Waals surface area contributed by atoms with Crippen LogP contribution in [-0.4, -0.2) is 29.0 Å². The molecule has 2 amide bonds. The second-order valence-electron chi connectivity index (χ2n) is 7.36. The largest absolute Gasteiger partial charge is 0.457 e. The van der Waals surface area contributed by atoms with Crippen LogP contribution in [0.2, 0.25) is 5.02 Å². The highest BCUT2D eigenvalue weighted by atomic mass is 35.5. The van der Waals surface area contributed by atoms with E-state index >= 15 is 0 Å². The molecule has 3 aromatic rings. The standard InChI is InChI=1S/C24H24ClN3O4/c1-15-12-20(16(2)28(15)19-6-4-3-5-7-19)22(29)14-32-23(30)13-21(27-24(26)31)17-8-10-18(25)11-9-17/h3-12,21H,13-14H2,1-2H3,(H3,26,27,31)/t21-/m1/s1. The van der Waals surface area contributed by atoms with Gasteiger partial charge in [-0.3, -0.25) is 9.59 Å². The first-order valence-electron chi connectivity index (χ1n) is 10.0. The number of aromatic nitrogens is 1. The van der Waals surface area contributed by atoms with Crippen molar-refractivity contribution in [2.24, 2.45) is 5.73 Å². The normalized spacial score (nSPS) is 11.6. The molecule has 0 aliphatic rings. The minimum atomic E-state index is -0.776. The van der Waals surface area contributed by atoms with Crippen molar-refractivity contribution in [1.82, 2.24) is 9.88 Å². The van der Waals surface area contributed by atoms with Crippen molar-refractivity contribution in [2.45, 2.75) is 26.3 Å². The van der Waals surface area contributed by atoms with E-state index in [4.69, 9.17) is 22.1 Å². The second kappa shape index (κ2) is 10.2. The number of amides is 2. The lowest BCUT2D eigenvalue weighted by Crippen LogP contribution is -2.34. The van der Waals surface area contributed by atoms with Gasteiger partial charge >= 0.3 is 12.0 Å². The van der Waals surface area contributed by atoms with Crippen LogP contribution in [0.1, 0.15) is 39.8 Å². The molecule has 0 unspecified atom stereocenters. The van der Waals surface area contributed by atoms with Crippen LogP contribution in [0.5, 0.6) is 0 Å². The number of aryl methyl sites for hydroxylation is 1. The Morgan fingerprint density at radius 1 is 1.06 bits per heavy atom. The zero-order valence-corrected chi connectivity index (χ0v) is 18.6. The topological polar surface area (TPSA) is 103 Å². The van der Waals surface area contributed by atoms with Gasteiger partial charge in [0.15, 0.2) is 6.61 Å². The molecular formula is C24H24ClN3O4. The summed E-state index contributed by atoms with van der Waals surface area (Å²) in [6.07, 6.45) is -0.180. The Bertz CT molecular complexity index is 1120. The summed E-state index contributed by atoms with van der Waals surface area (Å²) < 4.78 is 7.18. The van der Waals surface area contributed by atoms with Crippen molar-refractivity contribution >= 4 is 29.4 Å². The van der Waals surface area contributed by atoms with Gasteiger partial charge in [-0.15, -0.1) is 0 Å². The third-order valence-corrected chi connectivity index (χ3v) is 5.32. The lowest BCUT2D eigenvalue weighted by molar-refractivity contribution is -0.143. The van der Waals surface area contributed by atoms with Crippen LogP contribution in [0.25, 0.3) is 5.69 Å². The molecule has 8 heteroatoms. The Balaban J connectivity index is 1.67. The molecular weight excluding hydrogens is 430 g/mol. The summed E-state index contributed by atoms with van der Waals surface area (Å²) in [5, 5.41) is 3.03. The third kappa shape index (κ3) is 5.56. The Morgan fingerprint density at radius 2 is 1.72 bits per heavy atom. The number of para-hydroxylation sites is 1. The molecule has 1 heterocycles. The number of urea groups is 1. The Morgan fingerprint density at radius 3 is 2.34 bits per heavy atom. The molecule has 0 aliphatic carbocycles. The van der Waals surface area contributed by atoms with Crippen molar-refractivity contribution in [3.05, 3.63) is 88.2 Å². The minimum Gasteiger partial charge on any atom is -0.457 e. The van der Waals surface area contributed by atoms with Gasteiger partial charge in [0, 0.05) is 27.7 Å². The molecule has 3 rings (SSSR count). The number of rotatable bonds is 8. The number of carbonyl (C=O) groups excluding carboxylic acids is 3. The molecule has 0 bridgehead atoms. The molecule has 0 radical (unpaired) electrons. The van der Waals surface area contributed by atoms with E-state index in [-0.39, 0.29) is 12.2 Å². The van der Waals surface area contributed by atoms with Crippen LogP contribution in [-0.2, 0) is 9.53 Å².